The number of ether oxygens (including phenoxy) is 1. The Bertz CT molecular complexity index is 1290. The summed E-state index contributed by atoms with van der Waals surface area (Å²) in [7, 11) is 5.59. The van der Waals surface area contributed by atoms with E-state index >= 15 is 0 Å². The summed E-state index contributed by atoms with van der Waals surface area (Å²) in [4.78, 5) is 28.4. The van der Waals surface area contributed by atoms with Gasteiger partial charge < -0.3 is 9.64 Å². The number of rotatable bonds is 8. The minimum Gasteiger partial charge on any atom is -0.497 e. The van der Waals surface area contributed by atoms with Crippen LogP contribution in [0.2, 0.25) is 0 Å². The van der Waals surface area contributed by atoms with Crippen LogP contribution in [-0.2, 0) is 13.1 Å². The van der Waals surface area contributed by atoms with Crippen molar-refractivity contribution in [1.29, 1.82) is 0 Å². The van der Waals surface area contributed by atoms with Gasteiger partial charge in [0.2, 0.25) is 0 Å². The molecular formula is C26H27N3O3. The first-order chi connectivity index (χ1) is 15.5. The number of aromatic nitrogens is 2. The molecule has 4 aromatic rings. The lowest BCUT2D eigenvalue weighted by molar-refractivity contribution is 0.103. The summed E-state index contributed by atoms with van der Waals surface area (Å²) in [5.41, 5.74) is 3.71. The number of imidazole rings is 1. The number of nitrogens with zero attached hydrogens (tertiary/aromatic N) is 3. The number of hydrogen-bond donors (Lipinski definition) is 0. The van der Waals surface area contributed by atoms with Crippen molar-refractivity contribution in [1.82, 2.24) is 14.0 Å². The summed E-state index contributed by atoms with van der Waals surface area (Å²) in [6, 6.07) is 22.4. The number of methoxy groups -OCH3 is 1. The lowest BCUT2D eigenvalue weighted by atomic mass is 10.0. The van der Waals surface area contributed by atoms with Crippen LogP contribution in [0.3, 0.4) is 0 Å². The van der Waals surface area contributed by atoms with E-state index in [2.05, 4.69) is 0 Å². The molecule has 0 saturated carbocycles. The fourth-order valence-electron chi connectivity index (χ4n) is 3.80. The monoisotopic (exact) mass is 429 g/mol. The van der Waals surface area contributed by atoms with Gasteiger partial charge >= 0.3 is 5.69 Å². The Balaban J connectivity index is 1.78. The number of likely N-dealkylation sites (N-methyl/N-ethyl adjacent to an activating group) is 1. The zero-order valence-electron chi connectivity index (χ0n) is 18.6. The molecule has 32 heavy (non-hydrogen) atoms. The highest BCUT2D eigenvalue weighted by Gasteiger charge is 2.17. The molecule has 0 fully saturated rings. The predicted octanol–water partition coefficient (Wildman–Crippen LogP) is 3.65. The van der Waals surface area contributed by atoms with Gasteiger partial charge in [-0.2, -0.15) is 0 Å². The van der Waals surface area contributed by atoms with E-state index in [-0.39, 0.29) is 11.5 Å². The second-order valence-electron chi connectivity index (χ2n) is 8.07. The normalized spacial score (nSPS) is 11.2. The third-order valence-electron chi connectivity index (χ3n) is 5.59. The second-order valence-corrected chi connectivity index (χ2v) is 8.07. The van der Waals surface area contributed by atoms with Crippen LogP contribution in [-0.4, -0.2) is 47.6 Å². The van der Waals surface area contributed by atoms with Crippen molar-refractivity contribution in [2.24, 2.45) is 0 Å². The minimum absolute atomic E-state index is 0.0537. The zero-order valence-corrected chi connectivity index (χ0v) is 18.6. The first-order valence-electron chi connectivity index (χ1n) is 10.6. The number of carbonyl (C=O) groups excluding carboxylic acids is 1. The Labute approximate surface area is 187 Å². The van der Waals surface area contributed by atoms with Gasteiger partial charge in [-0.1, -0.05) is 42.5 Å². The van der Waals surface area contributed by atoms with Gasteiger partial charge in [-0.25, -0.2) is 4.79 Å². The average molecular weight is 430 g/mol. The number of benzene rings is 3. The van der Waals surface area contributed by atoms with Crippen LogP contribution in [0.5, 0.6) is 5.75 Å². The van der Waals surface area contributed by atoms with E-state index in [1.165, 1.54) is 0 Å². The molecule has 1 heterocycles. The molecule has 0 atom stereocenters. The molecule has 0 N–H and O–H groups in total. The summed E-state index contributed by atoms with van der Waals surface area (Å²) in [6.45, 7) is 1.71. The molecule has 0 aliphatic heterocycles. The van der Waals surface area contributed by atoms with Gasteiger partial charge in [0.15, 0.2) is 5.78 Å². The number of fused-ring (bicyclic) bond motifs is 1. The highest BCUT2D eigenvalue weighted by atomic mass is 16.5. The fourth-order valence-corrected chi connectivity index (χ4v) is 3.80. The lowest BCUT2D eigenvalue weighted by Crippen LogP contribution is -2.28. The van der Waals surface area contributed by atoms with Crippen LogP contribution < -0.4 is 10.4 Å². The van der Waals surface area contributed by atoms with Crippen LogP contribution in [0.1, 0.15) is 21.5 Å². The van der Waals surface area contributed by atoms with E-state index in [9.17, 15) is 9.59 Å². The largest absolute Gasteiger partial charge is 0.497 e. The average Bonchev–Trinajstić information content (AvgIpc) is 3.08. The molecule has 4 rings (SSSR count). The van der Waals surface area contributed by atoms with E-state index in [4.69, 9.17) is 4.74 Å². The fraction of sp³-hybridized carbons (Fsp3) is 0.231. The van der Waals surface area contributed by atoms with Crippen LogP contribution in [0.4, 0.5) is 0 Å². The quantitative estimate of drug-likeness (QED) is 0.401. The van der Waals surface area contributed by atoms with Crippen LogP contribution in [0.15, 0.2) is 77.6 Å². The molecule has 0 aliphatic carbocycles. The van der Waals surface area contributed by atoms with E-state index in [0.717, 1.165) is 28.9 Å². The summed E-state index contributed by atoms with van der Waals surface area (Å²) >= 11 is 0. The smallest absolute Gasteiger partial charge is 0.329 e. The van der Waals surface area contributed by atoms with Gasteiger partial charge in [-0.3, -0.25) is 13.9 Å². The van der Waals surface area contributed by atoms with E-state index in [1.54, 1.807) is 34.4 Å². The molecule has 0 saturated heterocycles. The van der Waals surface area contributed by atoms with Gasteiger partial charge in [-0.15, -0.1) is 0 Å². The maximum absolute atomic E-state index is 13.4. The Kier molecular flexibility index (Phi) is 6.23. The molecule has 3 aromatic carbocycles. The Hall–Kier alpha value is -3.64. The van der Waals surface area contributed by atoms with Crippen molar-refractivity contribution in [2.75, 3.05) is 27.7 Å². The summed E-state index contributed by atoms with van der Waals surface area (Å²) in [5, 5.41) is 0. The Morgan fingerprint density at radius 1 is 0.875 bits per heavy atom. The maximum Gasteiger partial charge on any atom is 0.329 e. The molecule has 6 heteroatoms. The summed E-state index contributed by atoms with van der Waals surface area (Å²) in [5.74, 6) is 0.723. The topological polar surface area (TPSA) is 56.5 Å². The lowest BCUT2D eigenvalue weighted by Gasteiger charge is -2.10. The molecule has 6 nitrogen and oxygen atoms in total. The Morgan fingerprint density at radius 2 is 1.59 bits per heavy atom. The first-order valence-corrected chi connectivity index (χ1v) is 10.6. The Morgan fingerprint density at radius 3 is 2.25 bits per heavy atom. The molecule has 0 aliphatic rings. The standard InChI is InChI=1S/C26H27N3O3/c1-27(2)15-16-28-24-17-21(25(30)20-7-5-4-6-8-20)11-14-23(24)29(26(28)31)18-19-9-12-22(32-3)13-10-19/h4-14,17H,15-16,18H2,1-3H3. The van der Waals surface area contributed by atoms with Gasteiger partial charge in [-0.05, 0) is 50.0 Å². The van der Waals surface area contributed by atoms with Crippen molar-refractivity contribution in [3.8, 4) is 5.75 Å². The maximum atomic E-state index is 13.4. The van der Waals surface area contributed by atoms with Crippen molar-refractivity contribution < 1.29 is 9.53 Å². The zero-order chi connectivity index (χ0) is 22.7. The molecule has 0 bridgehead atoms. The van der Waals surface area contributed by atoms with Crippen LogP contribution >= 0.6 is 0 Å². The third kappa shape index (κ3) is 4.36. The highest BCUT2D eigenvalue weighted by molar-refractivity contribution is 6.10. The second kappa shape index (κ2) is 9.24. The molecule has 164 valence electrons. The molecule has 0 amide bonds. The molecule has 0 unspecified atom stereocenters. The van der Waals surface area contributed by atoms with E-state index in [1.807, 2.05) is 73.6 Å². The number of carbonyl (C=O) groups is 1. The van der Waals surface area contributed by atoms with Gasteiger partial charge in [0.1, 0.15) is 5.75 Å². The number of hydrogen-bond acceptors (Lipinski definition) is 4. The highest BCUT2D eigenvalue weighted by Crippen LogP contribution is 2.20. The molecule has 0 spiro atoms. The molecular weight excluding hydrogens is 402 g/mol. The molecule has 0 radical (unpaired) electrons. The first kappa shape index (κ1) is 21.6. The van der Waals surface area contributed by atoms with Crippen molar-refractivity contribution in [3.63, 3.8) is 0 Å². The van der Waals surface area contributed by atoms with Crippen molar-refractivity contribution >= 4 is 16.8 Å². The SMILES string of the molecule is COc1ccc(Cn2c(=O)n(CCN(C)C)c3cc(C(=O)c4ccccc4)ccc32)cc1. The number of ketones is 1. The summed E-state index contributed by atoms with van der Waals surface area (Å²) in [6.07, 6.45) is 0. The van der Waals surface area contributed by atoms with Gasteiger partial charge in [0.25, 0.3) is 0 Å². The van der Waals surface area contributed by atoms with Gasteiger partial charge in [0, 0.05) is 24.2 Å². The van der Waals surface area contributed by atoms with Crippen molar-refractivity contribution in [3.05, 3.63) is 100.0 Å². The summed E-state index contributed by atoms with van der Waals surface area (Å²) < 4.78 is 8.77. The molecule has 1 aromatic heterocycles. The van der Waals surface area contributed by atoms with E-state index < -0.39 is 0 Å². The third-order valence-corrected chi connectivity index (χ3v) is 5.59. The van der Waals surface area contributed by atoms with Crippen molar-refractivity contribution in [2.45, 2.75) is 13.1 Å². The van der Waals surface area contributed by atoms with Gasteiger partial charge in [0.05, 0.1) is 24.7 Å². The van der Waals surface area contributed by atoms with Crippen LogP contribution in [0.25, 0.3) is 11.0 Å². The van der Waals surface area contributed by atoms with Crippen LogP contribution in [0, 0.1) is 0 Å². The predicted molar refractivity (Wildman–Crippen MR) is 127 cm³/mol. The van der Waals surface area contributed by atoms with E-state index in [0.29, 0.717) is 24.2 Å². The minimum atomic E-state index is -0.0815.